The Balaban J connectivity index is 2.06. The summed E-state index contributed by atoms with van der Waals surface area (Å²) in [4.78, 5) is -0.0494. The van der Waals surface area contributed by atoms with Gasteiger partial charge in [0.2, 0.25) is 10.0 Å². The fourth-order valence-electron chi connectivity index (χ4n) is 1.56. The Morgan fingerprint density at radius 1 is 1.35 bits per heavy atom. The van der Waals surface area contributed by atoms with Crippen molar-refractivity contribution < 1.29 is 8.42 Å². The first kappa shape index (κ1) is 15.1. The maximum atomic E-state index is 12.1. The number of aromatic nitrogens is 2. The molecule has 0 aliphatic heterocycles. The number of sulfonamides is 1. The van der Waals surface area contributed by atoms with Crippen molar-refractivity contribution in [2.45, 2.75) is 11.4 Å². The average Bonchev–Trinajstić information content (AvgIpc) is 2.78. The summed E-state index contributed by atoms with van der Waals surface area (Å²) in [7, 11) is -3.72. The number of rotatable bonds is 5. The molecule has 108 valence electrons. The van der Waals surface area contributed by atoms with Crippen molar-refractivity contribution in [1.29, 1.82) is 0 Å². The number of nitrogens with one attached hydrogen (secondary N) is 1. The third-order valence-electron chi connectivity index (χ3n) is 2.47. The van der Waals surface area contributed by atoms with Gasteiger partial charge >= 0.3 is 0 Å². The molecule has 2 rings (SSSR count). The van der Waals surface area contributed by atoms with Crippen LogP contribution in [0.3, 0.4) is 0 Å². The van der Waals surface area contributed by atoms with Gasteiger partial charge in [0.15, 0.2) is 0 Å². The number of nitrogen functional groups attached to an aromatic ring is 1. The lowest BCUT2D eigenvalue weighted by Crippen LogP contribution is -2.27. The summed E-state index contributed by atoms with van der Waals surface area (Å²) in [5.41, 5.74) is 6.03. The van der Waals surface area contributed by atoms with Gasteiger partial charge in [-0.2, -0.15) is 5.10 Å². The minimum Gasteiger partial charge on any atom is -0.396 e. The Morgan fingerprint density at radius 2 is 2.10 bits per heavy atom. The standard InChI is InChI=1S/C11H12Cl2N4O2S/c12-8-1-2-10(13)11(5-8)20(18,19)16-3-4-17-7-9(14)6-15-17/h1-2,5-7,16H,3-4,14H2. The number of hydrogen-bond donors (Lipinski definition) is 2. The van der Waals surface area contributed by atoms with E-state index in [2.05, 4.69) is 9.82 Å². The van der Waals surface area contributed by atoms with Crippen LogP contribution in [0, 0.1) is 0 Å². The van der Waals surface area contributed by atoms with Crippen LogP contribution in [0.1, 0.15) is 0 Å². The van der Waals surface area contributed by atoms with Crippen LogP contribution in [-0.4, -0.2) is 24.7 Å². The molecule has 0 bridgehead atoms. The topological polar surface area (TPSA) is 90.0 Å². The number of benzene rings is 1. The van der Waals surface area contributed by atoms with E-state index in [4.69, 9.17) is 28.9 Å². The summed E-state index contributed by atoms with van der Waals surface area (Å²) in [5.74, 6) is 0. The van der Waals surface area contributed by atoms with Gasteiger partial charge in [-0.05, 0) is 18.2 Å². The molecule has 0 amide bonds. The zero-order valence-electron chi connectivity index (χ0n) is 10.3. The number of hydrogen-bond acceptors (Lipinski definition) is 4. The van der Waals surface area contributed by atoms with E-state index in [1.54, 1.807) is 6.20 Å². The third kappa shape index (κ3) is 3.63. The van der Waals surface area contributed by atoms with Crippen LogP contribution in [0.5, 0.6) is 0 Å². The Kier molecular flexibility index (Phi) is 4.54. The van der Waals surface area contributed by atoms with Crippen molar-refractivity contribution >= 4 is 38.9 Å². The molecule has 0 saturated heterocycles. The van der Waals surface area contributed by atoms with Gasteiger partial charge < -0.3 is 5.73 Å². The molecule has 0 atom stereocenters. The predicted octanol–water partition coefficient (Wildman–Crippen LogP) is 1.75. The van der Waals surface area contributed by atoms with Crippen LogP contribution in [-0.2, 0) is 16.6 Å². The molecule has 0 aliphatic carbocycles. The fourth-order valence-corrected chi connectivity index (χ4v) is 3.34. The highest BCUT2D eigenvalue weighted by molar-refractivity contribution is 7.89. The largest absolute Gasteiger partial charge is 0.396 e. The second kappa shape index (κ2) is 6.01. The molecular formula is C11H12Cl2N4O2S. The summed E-state index contributed by atoms with van der Waals surface area (Å²) >= 11 is 11.6. The van der Waals surface area contributed by atoms with Gasteiger partial charge in [-0.15, -0.1) is 0 Å². The quantitative estimate of drug-likeness (QED) is 0.871. The molecule has 3 N–H and O–H groups in total. The van der Waals surface area contributed by atoms with Gasteiger partial charge in [-0.3, -0.25) is 4.68 Å². The molecule has 9 heteroatoms. The highest BCUT2D eigenvalue weighted by Crippen LogP contribution is 2.24. The van der Waals surface area contributed by atoms with E-state index in [0.29, 0.717) is 17.3 Å². The zero-order chi connectivity index (χ0) is 14.8. The first-order valence-corrected chi connectivity index (χ1v) is 7.85. The van der Waals surface area contributed by atoms with Gasteiger partial charge in [-0.1, -0.05) is 23.2 Å². The van der Waals surface area contributed by atoms with E-state index in [1.165, 1.54) is 29.1 Å². The second-order valence-electron chi connectivity index (χ2n) is 4.01. The summed E-state index contributed by atoms with van der Waals surface area (Å²) in [6, 6.07) is 4.26. The molecule has 0 unspecified atom stereocenters. The van der Waals surface area contributed by atoms with Crippen molar-refractivity contribution in [2.75, 3.05) is 12.3 Å². The Labute approximate surface area is 126 Å². The van der Waals surface area contributed by atoms with E-state index >= 15 is 0 Å². The summed E-state index contributed by atoms with van der Waals surface area (Å²) in [6.45, 7) is 0.515. The van der Waals surface area contributed by atoms with Crippen LogP contribution >= 0.6 is 23.2 Å². The number of nitrogens with zero attached hydrogens (tertiary/aromatic N) is 2. The van der Waals surface area contributed by atoms with Crippen LogP contribution in [0.2, 0.25) is 10.0 Å². The minimum absolute atomic E-state index is 0.0494. The van der Waals surface area contributed by atoms with E-state index < -0.39 is 10.0 Å². The highest BCUT2D eigenvalue weighted by atomic mass is 35.5. The van der Waals surface area contributed by atoms with E-state index in [0.717, 1.165) is 0 Å². The monoisotopic (exact) mass is 334 g/mol. The lowest BCUT2D eigenvalue weighted by atomic mass is 10.4. The molecule has 1 aromatic carbocycles. The molecule has 6 nitrogen and oxygen atoms in total. The van der Waals surface area contributed by atoms with E-state index in [9.17, 15) is 8.42 Å². The smallest absolute Gasteiger partial charge is 0.242 e. The molecule has 1 heterocycles. The van der Waals surface area contributed by atoms with E-state index in [-0.39, 0.29) is 16.5 Å². The number of nitrogens with two attached hydrogens (primary N) is 1. The maximum absolute atomic E-state index is 12.1. The molecule has 0 fully saturated rings. The predicted molar refractivity (Wildman–Crippen MR) is 78.3 cm³/mol. The van der Waals surface area contributed by atoms with Crippen LogP contribution in [0.4, 0.5) is 5.69 Å². The lowest BCUT2D eigenvalue weighted by Gasteiger charge is -2.08. The van der Waals surface area contributed by atoms with Gasteiger partial charge in [0.05, 0.1) is 23.5 Å². The summed E-state index contributed by atoms with van der Waals surface area (Å²) in [5, 5.41) is 4.37. The fraction of sp³-hybridized carbons (Fsp3) is 0.182. The first-order valence-electron chi connectivity index (χ1n) is 5.61. The SMILES string of the molecule is Nc1cnn(CCNS(=O)(=O)c2cc(Cl)ccc2Cl)c1. The normalized spacial score (nSPS) is 11.7. The van der Waals surface area contributed by atoms with Crippen LogP contribution in [0.25, 0.3) is 0 Å². The lowest BCUT2D eigenvalue weighted by molar-refractivity contribution is 0.561. The second-order valence-corrected chi connectivity index (χ2v) is 6.59. The summed E-state index contributed by atoms with van der Waals surface area (Å²) in [6.07, 6.45) is 3.10. The van der Waals surface area contributed by atoms with Gasteiger partial charge in [0.25, 0.3) is 0 Å². The molecule has 0 aliphatic rings. The Bertz CT molecular complexity index is 715. The molecule has 20 heavy (non-hydrogen) atoms. The Morgan fingerprint density at radius 3 is 2.75 bits per heavy atom. The van der Waals surface area contributed by atoms with E-state index in [1.807, 2.05) is 0 Å². The summed E-state index contributed by atoms with van der Waals surface area (Å²) < 4.78 is 28.2. The first-order chi connectivity index (χ1) is 9.38. The highest BCUT2D eigenvalue weighted by Gasteiger charge is 2.17. The van der Waals surface area contributed by atoms with Crippen molar-refractivity contribution in [2.24, 2.45) is 0 Å². The minimum atomic E-state index is -3.72. The van der Waals surface area contributed by atoms with Gasteiger partial charge in [0, 0.05) is 17.8 Å². The maximum Gasteiger partial charge on any atom is 0.242 e. The van der Waals surface area contributed by atoms with Crippen molar-refractivity contribution in [1.82, 2.24) is 14.5 Å². The van der Waals surface area contributed by atoms with Crippen LogP contribution < -0.4 is 10.5 Å². The molecule has 2 aromatic rings. The van der Waals surface area contributed by atoms with Crippen molar-refractivity contribution in [3.8, 4) is 0 Å². The molecule has 0 spiro atoms. The third-order valence-corrected chi connectivity index (χ3v) is 4.65. The number of anilines is 1. The molecular weight excluding hydrogens is 323 g/mol. The zero-order valence-corrected chi connectivity index (χ0v) is 12.6. The van der Waals surface area contributed by atoms with Gasteiger partial charge in [-0.25, -0.2) is 13.1 Å². The molecule has 0 radical (unpaired) electrons. The van der Waals surface area contributed by atoms with Gasteiger partial charge in [0.1, 0.15) is 4.90 Å². The molecule has 1 aromatic heterocycles. The van der Waals surface area contributed by atoms with Crippen LogP contribution in [0.15, 0.2) is 35.5 Å². The Hall–Kier alpha value is -1.28. The molecule has 0 saturated carbocycles. The average molecular weight is 335 g/mol. The van der Waals surface area contributed by atoms with Crippen molar-refractivity contribution in [3.05, 3.63) is 40.6 Å². The van der Waals surface area contributed by atoms with Crippen molar-refractivity contribution in [3.63, 3.8) is 0 Å². The number of halogens is 2.